The number of carbonyl (C=O) groups is 2. The van der Waals surface area contributed by atoms with Crippen LogP contribution in [0.4, 0.5) is 9.39 Å². The van der Waals surface area contributed by atoms with E-state index in [2.05, 4.69) is 19.2 Å². The summed E-state index contributed by atoms with van der Waals surface area (Å²) < 4.78 is 24.0. The Hall–Kier alpha value is -3.19. The fraction of sp³-hybridized carbons (Fsp3) is 0.250. The molecule has 3 rings (SSSR count). The molecule has 0 bridgehead atoms. The van der Waals surface area contributed by atoms with Crippen LogP contribution in [0.25, 0.3) is 11.1 Å². The van der Waals surface area contributed by atoms with Crippen LogP contribution in [0.3, 0.4) is 0 Å². The van der Waals surface area contributed by atoms with Crippen LogP contribution in [-0.2, 0) is 9.53 Å². The molecule has 0 saturated carbocycles. The summed E-state index contributed by atoms with van der Waals surface area (Å²) in [5.41, 5.74) is 2.53. The third-order valence-electron chi connectivity index (χ3n) is 4.76. The molecular formula is C24H24FNO4S. The van der Waals surface area contributed by atoms with Crippen LogP contribution < -0.4 is 10.1 Å². The van der Waals surface area contributed by atoms with Crippen molar-refractivity contribution in [3.8, 4) is 16.9 Å². The predicted molar refractivity (Wildman–Crippen MR) is 120 cm³/mol. The summed E-state index contributed by atoms with van der Waals surface area (Å²) in [6, 6.07) is 13.4. The number of carbonyl (C=O) groups excluding carboxylic acids is 2. The molecule has 5 nitrogen and oxygen atoms in total. The van der Waals surface area contributed by atoms with Crippen molar-refractivity contribution < 1.29 is 23.5 Å². The monoisotopic (exact) mass is 441 g/mol. The molecule has 31 heavy (non-hydrogen) atoms. The third kappa shape index (κ3) is 5.11. The summed E-state index contributed by atoms with van der Waals surface area (Å²) in [5.74, 6) is -0.442. The minimum atomic E-state index is -0.579. The standard InChI is InChI=1S/C24H24FNO4S/c1-14(2)18-7-5-6-8-19(18)30-13-20(27)26-23-22(24(28)29-4)21(15(3)31-23)16-9-11-17(25)12-10-16/h5-12,14H,13H2,1-4H3,(H,26,27). The molecule has 0 aliphatic carbocycles. The summed E-state index contributed by atoms with van der Waals surface area (Å²) in [7, 11) is 1.28. The quantitative estimate of drug-likeness (QED) is 0.471. The molecule has 0 radical (unpaired) electrons. The van der Waals surface area contributed by atoms with Gasteiger partial charge in [-0.05, 0) is 42.2 Å². The highest BCUT2D eigenvalue weighted by molar-refractivity contribution is 7.17. The zero-order chi connectivity index (χ0) is 22.5. The van der Waals surface area contributed by atoms with Gasteiger partial charge < -0.3 is 14.8 Å². The van der Waals surface area contributed by atoms with E-state index in [9.17, 15) is 14.0 Å². The number of aryl methyl sites for hydroxylation is 1. The van der Waals surface area contributed by atoms with Crippen molar-refractivity contribution >= 4 is 28.2 Å². The highest BCUT2D eigenvalue weighted by atomic mass is 32.1. The number of halogens is 1. The molecule has 1 heterocycles. The Morgan fingerprint density at radius 2 is 1.77 bits per heavy atom. The topological polar surface area (TPSA) is 64.6 Å². The molecule has 2 aromatic carbocycles. The summed E-state index contributed by atoms with van der Waals surface area (Å²) in [6.07, 6.45) is 0. The zero-order valence-corrected chi connectivity index (χ0v) is 18.6. The number of thiophene rings is 1. The van der Waals surface area contributed by atoms with Crippen LogP contribution >= 0.6 is 11.3 Å². The number of amides is 1. The Balaban J connectivity index is 1.84. The molecule has 1 amide bonds. The van der Waals surface area contributed by atoms with E-state index in [1.165, 1.54) is 30.6 Å². The van der Waals surface area contributed by atoms with Crippen LogP contribution in [0.5, 0.6) is 5.75 Å². The van der Waals surface area contributed by atoms with Crippen LogP contribution in [-0.4, -0.2) is 25.6 Å². The SMILES string of the molecule is COC(=O)c1c(NC(=O)COc2ccccc2C(C)C)sc(C)c1-c1ccc(F)cc1. The van der Waals surface area contributed by atoms with E-state index in [4.69, 9.17) is 9.47 Å². The lowest BCUT2D eigenvalue weighted by atomic mass is 10.0. The number of nitrogens with one attached hydrogen (secondary N) is 1. The fourth-order valence-electron chi connectivity index (χ4n) is 3.29. The van der Waals surface area contributed by atoms with E-state index in [-0.39, 0.29) is 23.9 Å². The lowest BCUT2D eigenvalue weighted by Crippen LogP contribution is -2.21. The van der Waals surface area contributed by atoms with Gasteiger partial charge in [-0.2, -0.15) is 0 Å². The van der Waals surface area contributed by atoms with Gasteiger partial charge in [-0.1, -0.05) is 44.2 Å². The summed E-state index contributed by atoms with van der Waals surface area (Å²) in [4.78, 5) is 25.9. The highest BCUT2D eigenvalue weighted by Crippen LogP contribution is 2.40. The van der Waals surface area contributed by atoms with Gasteiger partial charge >= 0.3 is 5.97 Å². The Bertz CT molecular complexity index is 1090. The van der Waals surface area contributed by atoms with E-state index in [0.717, 1.165) is 10.4 Å². The average molecular weight is 442 g/mol. The van der Waals surface area contributed by atoms with Crippen molar-refractivity contribution in [3.05, 3.63) is 70.4 Å². The molecule has 162 valence electrons. The number of rotatable bonds is 7. The van der Waals surface area contributed by atoms with Gasteiger partial charge in [0.2, 0.25) is 0 Å². The molecule has 0 atom stereocenters. The predicted octanol–water partition coefficient (Wildman–Crippen LogP) is 5.79. The van der Waals surface area contributed by atoms with E-state index in [0.29, 0.717) is 21.9 Å². The number of hydrogen-bond donors (Lipinski definition) is 1. The zero-order valence-electron chi connectivity index (χ0n) is 17.8. The van der Waals surface area contributed by atoms with Crippen molar-refractivity contribution in [1.82, 2.24) is 0 Å². The van der Waals surface area contributed by atoms with E-state index in [1.54, 1.807) is 12.1 Å². The average Bonchev–Trinajstić information content (AvgIpc) is 3.07. The van der Waals surface area contributed by atoms with E-state index in [1.807, 2.05) is 31.2 Å². The van der Waals surface area contributed by atoms with Crippen molar-refractivity contribution in [2.45, 2.75) is 26.7 Å². The Labute approximate surface area is 184 Å². The molecule has 7 heteroatoms. The van der Waals surface area contributed by atoms with Crippen molar-refractivity contribution in [2.75, 3.05) is 19.0 Å². The van der Waals surface area contributed by atoms with Crippen LogP contribution in [0.1, 0.15) is 40.6 Å². The van der Waals surface area contributed by atoms with Crippen molar-refractivity contribution in [3.63, 3.8) is 0 Å². The van der Waals surface area contributed by atoms with Crippen LogP contribution in [0.2, 0.25) is 0 Å². The largest absolute Gasteiger partial charge is 0.483 e. The van der Waals surface area contributed by atoms with Crippen LogP contribution in [0, 0.1) is 12.7 Å². The highest BCUT2D eigenvalue weighted by Gasteiger charge is 2.25. The lowest BCUT2D eigenvalue weighted by Gasteiger charge is -2.13. The lowest BCUT2D eigenvalue weighted by molar-refractivity contribution is -0.118. The maximum atomic E-state index is 13.3. The first-order chi connectivity index (χ1) is 14.8. The molecule has 0 saturated heterocycles. The number of esters is 1. The van der Waals surface area contributed by atoms with Crippen LogP contribution in [0.15, 0.2) is 48.5 Å². The molecule has 1 N–H and O–H groups in total. The summed E-state index contributed by atoms with van der Waals surface area (Å²) in [6.45, 7) is 5.74. The fourth-order valence-corrected chi connectivity index (χ4v) is 4.37. The van der Waals surface area contributed by atoms with Gasteiger partial charge in [0.05, 0.1) is 7.11 Å². The molecule has 0 aliphatic rings. The van der Waals surface area contributed by atoms with E-state index >= 15 is 0 Å². The summed E-state index contributed by atoms with van der Waals surface area (Å²) in [5, 5.41) is 3.14. The molecule has 0 aliphatic heterocycles. The number of para-hydroxylation sites is 1. The number of ether oxygens (including phenoxy) is 2. The van der Waals surface area contributed by atoms with Gasteiger partial charge in [0.1, 0.15) is 22.1 Å². The maximum absolute atomic E-state index is 13.3. The Kier molecular flexibility index (Phi) is 7.07. The Morgan fingerprint density at radius 1 is 1.10 bits per heavy atom. The van der Waals surface area contributed by atoms with Gasteiger partial charge in [-0.3, -0.25) is 4.79 Å². The minimum absolute atomic E-state index is 0.201. The van der Waals surface area contributed by atoms with E-state index < -0.39 is 11.9 Å². The first kappa shape index (κ1) is 22.5. The minimum Gasteiger partial charge on any atom is -0.483 e. The van der Waals surface area contributed by atoms with Crippen molar-refractivity contribution in [1.29, 1.82) is 0 Å². The smallest absolute Gasteiger partial charge is 0.341 e. The first-order valence-electron chi connectivity index (χ1n) is 9.81. The third-order valence-corrected chi connectivity index (χ3v) is 5.78. The molecule has 1 aromatic heterocycles. The number of anilines is 1. The Morgan fingerprint density at radius 3 is 2.42 bits per heavy atom. The molecule has 0 unspecified atom stereocenters. The maximum Gasteiger partial charge on any atom is 0.341 e. The van der Waals surface area contributed by atoms with Gasteiger partial charge in [-0.15, -0.1) is 11.3 Å². The number of benzene rings is 2. The molecule has 0 spiro atoms. The first-order valence-corrected chi connectivity index (χ1v) is 10.6. The normalized spacial score (nSPS) is 10.8. The summed E-state index contributed by atoms with van der Waals surface area (Å²) >= 11 is 1.26. The van der Waals surface area contributed by atoms with Gasteiger partial charge in [0, 0.05) is 10.4 Å². The van der Waals surface area contributed by atoms with Crippen molar-refractivity contribution in [2.24, 2.45) is 0 Å². The van der Waals surface area contributed by atoms with Gasteiger partial charge in [0.25, 0.3) is 5.91 Å². The van der Waals surface area contributed by atoms with Gasteiger partial charge in [0.15, 0.2) is 6.61 Å². The number of hydrogen-bond acceptors (Lipinski definition) is 5. The second kappa shape index (κ2) is 9.75. The molecular weight excluding hydrogens is 417 g/mol. The van der Waals surface area contributed by atoms with Gasteiger partial charge in [-0.25, -0.2) is 9.18 Å². The second-order valence-electron chi connectivity index (χ2n) is 7.27. The number of methoxy groups -OCH3 is 1. The molecule has 0 fully saturated rings. The second-order valence-corrected chi connectivity index (χ2v) is 8.49. The molecule has 3 aromatic rings.